The first kappa shape index (κ1) is 32.7. The molecule has 0 spiro atoms. The lowest BCUT2D eigenvalue weighted by molar-refractivity contribution is 1.18. The van der Waals surface area contributed by atoms with Crippen LogP contribution in [0.2, 0.25) is 0 Å². The van der Waals surface area contributed by atoms with Crippen molar-refractivity contribution in [3.8, 4) is 62.0 Å². The van der Waals surface area contributed by atoms with Crippen molar-refractivity contribution in [3.05, 3.63) is 206 Å². The zero-order chi connectivity index (χ0) is 37.7. The Morgan fingerprint density at radius 2 is 0.877 bits per heavy atom. The Morgan fingerprint density at radius 3 is 1.58 bits per heavy atom. The smallest absolute Gasteiger partial charge is 0.160 e. The Labute approximate surface area is 330 Å². The van der Waals surface area contributed by atoms with Crippen LogP contribution in [0.5, 0.6) is 0 Å². The molecule has 0 aliphatic rings. The largest absolute Gasteiger partial charge is 0.309 e. The molecule has 3 heterocycles. The number of nitrogens with zero attached hydrogens (tertiary/aromatic N) is 4. The number of rotatable bonds is 6. The normalized spacial score (nSPS) is 11.5. The summed E-state index contributed by atoms with van der Waals surface area (Å²) in [5.74, 6) is 0.708. The van der Waals surface area contributed by atoms with Gasteiger partial charge in [-0.15, -0.1) is 0 Å². The molecule has 8 aromatic carbocycles. The van der Waals surface area contributed by atoms with Crippen LogP contribution in [0, 0.1) is 0 Å². The molecule has 57 heavy (non-hydrogen) atoms. The van der Waals surface area contributed by atoms with Gasteiger partial charge in [0.05, 0.1) is 33.6 Å². The number of para-hydroxylation sites is 2. The second kappa shape index (κ2) is 13.6. The first-order valence-electron chi connectivity index (χ1n) is 19.3. The molecular formula is C53H34N4. The summed E-state index contributed by atoms with van der Waals surface area (Å²) in [7, 11) is 0. The van der Waals surface area contributed by atoms with E-state index in [1.165, 1.54) is 27.2 Å². The van der Waals surface area contributed by atoms with Gasteiger partial charge < -0.3 is 4.57 Å². The van der Waals surface area contributed by atoms with Crippen molar-refractivity contribution in [1.29, 1.82) is 0 Å². The van der Waals surface area contributed by atoms with E-state index < -0.39 is 0 Å². The second-order valence-corrected chi connectivity index (χ2v) is 14.4. The third kappa shape index (κ3) is 5.66. The number of hydrogen-bond donors (Lipinski definition) is 0. The van der Waals surface area contributed by atoms with Crippen molar-refractivity contribution in [2.24, 2.45) is 0 Å². The third-order valence-electron chi connectivity index (χ3n) is 11.0. The molecule has 0 amide bonds. The van der Waals surface area contributed by atoms with E-state index >= 15 is 0 Å². The van der Waals surface area contributed by atoms with E-state index in [2.05, 4.69) is 174 Å². The summed E-state index contributed by atoms with van der Waals surface area (Å²) in [4.78, 5) is 15.4. The highest BCUT2D eigenvalue weighted by Crippen LogP contribution is 2.43. The maximum atomic E-state index is 5.36. The molecule has 0 fully saturated rings. The quantitative estimate of drug-likeness (QED) is 0.160. The van der Waals surface area contributed by atoms with Crippen LogP contribution < -0.4 is 0 Å². The van der Waals surface area contributed by atoms with E-state index in [0.717, 1.165) is 72.4 Å². The fourth-order valence-corrected chi connectivity index (χ4v) is 8.30. The minimum atomic E-state index is 0.708. The standard InChI is InChI=1S/C53H34N4/c1-5-15-36(16-6-1)46-34-47(56-53(55-46)39-19-9-3-10-20-39)37-27-25-35(26-28-37)40-29-31-45-44(33-40)50-43(52(54-45)38-17-7-2-8-18-38)30-32-49-51(50)42-23-13-14-24-48(42)57(49)41-21-11-4-12-22-41/h1-34H. The molecule has 0 atom stereocenters. The van der Waals surface area contributed by atoms with Crippen LogP contribution in [0.25, 0.3) is 105 Å². The molecule has 0 saturated carbocycles. The minimum Gasteiger partial charge on any atom is -0.309 e. The van der Waals surface area contributed by atoms with E-state index in [9.17, 15) is 0 Å². The van der Waals surface area contributed by atoms with Gasteiger partial charge in [0.1, 0.15) is 0 Å². The van der Waals surface area contributed by atoms with Crippen molar-refractivity contribution < 1.29 is 0 Å². The second-order valence-electron chi connectivity index (χ2n) is 14.4. The summed E-state index contributed by atoms with van der Waals surface area (Å²) < 4.78 is 2.39. The molecule has 0 aliphatic heterocycles. The molecule has 11 aromatic rings. The summed E-state index contributed by atoms with van der Waals surface area (Å²) in [5, 5.41) is 5.93. The minimum absolute atomic E-state index is 0.708. The Kier molecular flexibility index (Phi) is 7.78. The van der Waals surface area contributed by atoms with Crippen LogP contribution in [0.1, 0.15) is 0 Å². The number of fused-ring (bicyclic) bond motifs is 7. The number of aromatic nitrogens is 4. The average molecular weight is 727 g/mol. The van der Waals surface area contributed by atoms with Gasteiger partial charge in [-0.1, -0.05) is 164 Å². The van der Waals surface area contributed by atoms with Gasteiger partial charge in [0.2, 0.25) is 0 Å². The summed E-state index contributed by atoms with van der Waals surface area (Å²) in [6.07, 6.45) is 0. The Balaban J connectivity index is 1.10. The highest BCUT2D eigenvalue weighted by atomic mass is 15.0. The van der Waals surface area contributed by atoms with Gasteiger partial charge >= 0.3 is 0 Å². The van der Waals surface area contributed by atoms with E-state index in [4.69, 9.17) is 15.0 Å². The molecule has 0 unspecified atom stereocenters. The lowest BCUT2D eigenvalue weighted by Crippen LogP contribution is -1.96. The van der Waals surface area contributed by atoms with Crippen LogP contribution in [0.3, 0.4) is 0 Å². The van der Waals surface area contributed by atoms with Gasteiger partial charge in [-0.3, -0.25) is 0 Å². The molecule has 3 aromatic heterocycles. The lowest BCUT2D eigenvalue weighted by Gasteiger charge is -2.14. The van der Waals surface area contributed by atoms with Gasteiger partial charge in [0.25, 0.3) is 0 Å². The molecular weight excluding hydrogens is 693 g/mol. The van der Waals surface area contributed by atoms with E-state index in [0.29, 0.717) is 5.82 Å². The fourth-order valence-electron chi connectivity index (χ4n) is 8.30. The molecule has 4 heteroatoms. The van der Waals surface area contributed by atoms with Crippen LogP contribution in [0.4, 0.5) is 0 Å². The summed E-state index contributed by atoms with van der Waals surface area (Å²) >= 11 is 0. The SMILES string of the molecule is c1ccc(-c2cc(-c3ccc(-c4ccc5nc(-c6ccccc6)c6ccc7c(c8ccccc8n7-c7ccccc7)c6c5c4)cc3)nc(-c3ccccc3)n2)cc1. The van der Waals surface area contributed by atoms with E-state index in [-0.39, 0.29) is 0 Å². The molecule has 266 valence electrons. The van der Waals surface area contributed by atoms with Crippen LogP contribution in [-0.2, 0) is 0 Å². The van der Waals surface area contributed by atoms with Crippen molar-refractivity contribution in [2.75, 3.05) is 0 Å². The van der Waals surface area contributed by atoms with Gasteiger partial charge in [-0.25, -0.2) is 15.0 Å². The van der Waals surface area contributed by atoms with Gasteiger partial charge in [0.15, 0.2) is 5.82 Å². The molecule has 0 bridgehead atoms. The van der Waals surface area contributed by atoms with Crippen LogP contribution in [-0.4, -0.2) is 19.5 Å². The molecule has 0 radical (unpaired) electrons. The van der Waals surface area contributed by atoms with Crippen molar-refractivity contribution >= 4 is 43.5 Å². The molecule has 0 aliphatic carbocycles. The maximum Gasteiger partial charge on any atom is 0.160 e. The van der Waals surface area contributed by atoms with E-state index in [1.54, 1.807) is 0 Å². The van der Waals surface area contributed by atoms with Gasteiger partial charge in [0, 0.05) is 54.9 Å². The summed E-state index contributed by atoms with van der Waals surface area (Å²) in [6.45, 7) is 0. The molecule has 11 rings (SSSR count). The number of benzene rings is 8. The maximum absolute atomic E-state index is 5.36. The third-order valence-corrected chi connectivity index (χ3v) is 11.0. The summed E-state index contributed by atoms with van der Waals surface area (Å²) in [5.41, 5.74) is 13.7. The average Bonchev–Trinajstić information content (AvgIpc) is 3.64. The number of hydrogen-bond acceptors (Lipinski definition) is 3. The van der Waals surface area contributed by atoms with Crippen molar-refractivity contribution in [2.45, 2.75) is 0 Å². The Hall–Kier alpha value is -7.69. The first-order valence-corrected chi connectivity index (χ1v) is 19.3. The van der Waals surface area contributed by atoms with Crippen molar-refractivity contribution in [1.82, 2.24) is 19.5 Å². The summed E-state index contributed by atoms with van der Waals surface area (Å²) in [6, 6.07) is 72.6. The number of pyridine rings is 1. The van der Waals surface area contributed by atoms with E-state index in [1.807, 2.05) is 36.4 Å². The highest BCUT2D eigenvalue weighted by molar-refractivity contribution is 6.29. The predicted molar refractivity (Wildman–Crippen MR) is 236 cm³/mol. The zero-order valence-electron chi connectivity index (χ0n) is 30.9. The fraction of sp³-hybridized carbons (Fsp3) is 0. The Bertz CT molecular complexity index is 3190. The lowest BCUT2D eigenvalue weighted by atomic mass is 9.94. The highest BCUT2D eigenvalue weighted by Gasteiger charge is 2.20. The predicted octanol–water partition coefficient (Wildman–Crippen LogP) is 13.6. The molecule has 0 N–H and O–H groups in total. The first-order chi connectivity index (χ1) is 28.3. The van der Waals surface area contributed by atoms with Crippen LogP contribution in [0.15, 0.2) is 206 Å². The molecule has 4 nitrogen and oxygen atoms in total. The Morgan fingerprint density at radius 1 is 0.316 bits per heavy atom. The van der Waals surface area contributed by atoms with Gasteiger partial charge in [-0.05, 0) is 53.6 Å². The topological polar surface area (TPSA) is 43.6 Å². The molecule has 0 saturated heterocycles. The van der Waals surface area contributed by atoms with Crippen LogP contribution >= 0.6 is 0 Å². The van der Waals surface area contributed by atoms with Crippen molar-refractivity contribution in [3.63, 3.8) is 0 Å². The zero-order valence-corrected chi connectivity index (χ0v) is 30.9. The monoisotopic (exact) mass is 726 g/mol. The van der Waals surface area contributed by atoms with Gasteiger partial charge in [-0.2, -0.15) is 0 Å².